The highest BCUT2D eigenvalue weighted by atomic mass is 32.1. The second-order valence-electron chi connectivity index (χ2n) is 6.48. The first-order valence-electron chi connectivity index (χ1n) is 9.00. The number of nitrogens with zero attached hydrogens (tertiary/aromatic N) is 2. The number of hydrogen-bond acceptors (Lipinski definition) is 5. The van der Waals surface area contributed by atoms with E-state index in [1.807, 2.05) is 66.9 Å². The third kappa shape index (κ3) is 4.09. The molecule has 0 fully saturated rings. The number of aromatic amines is 1. The molecule has 4 aromatic rings. The van der Waals surface area contributed by atoms with E-state index in [1.165, 1.54) is 0 Å². The number of carbonyl (C=O) groups is 1. The Bertz CT molecular complexity index is 1180. The SMILES string of the molecule is Cc1cccc(Nc2[nH]nc(N=Cc3ccccc3-c3cccs3)c2C(N)=O)c1. The van der Waals surface area contributed by atoms with Crippen LogP contribution < -0.4 is 11.1 Å². The molecule has 144 valence electrons. The monoisotopic (exact) mass is 401 g/mol. The number of nitrogens with one attached hydrogen (secondary N) is 2. The molecule has 29 heavy (non-hydrogen) atoms. The molecular weight excluding hydrogens is 382 g/mol. The number of hydrogen-bond donors (Lipinski definition) is 3. The van der Waals surface area contributed by atoms with Gasteiger partial charge in [0.25, 0.3) is 5.91 Å². The molecule has 0 spiro atoms. The summed E-state index contributed by atoms with van der Waals surface area (Å²) in [4.78, 5) is 17.7. The molecule has 0 aliphatic heterocycles. The number of rotatable bonds is 6. The quantitative estimate of drug-likeness (QED) is 0.395. The average Bonchev–Trinajstić information content (AvgIpc) is 3.37. The topological polar surface area (TPSA) is 96.2 Å². The number of aliphatic imine (C=N–C) groups is 1. The predicted octanol–water partition coefficient (Wildman–Crippen LogP) is 5.04. The number of benzene rings is 2. The van der Waals surface area contributed by atoms with Crippen molar-refractivity contribution in [3.63, 3.8) is 0 Å². The Kier molecular flexibility index (Phi) is 5.22. The Hall–Kier alpha value is -3.71. The largest absolute Gasteiger partial charge is 0.365 e. The van der Waals surface area contributed by atoms with Crippen LogP contribution >= 0.6 is 11.3 Å². The molecule has 0 bridgehead atoms. The molecule has 0 saturated heterocycles. The highest BCUT2D eigenvalue weighted by Gasteiger charge is 2.18. The van der Waals surface area contributed by atoms with Gasteiger partial charge in [-0.15, -0.1) is 11.3 Å². The predicted molar refractivity (Wildman–Crippen MR) is 119 cm³/mol. The third-order valence-corrected chi connectivity index (χ3v) is 5.26. The van der Waals surface area contributed by atoms with E-state index >= 15 is 0 Å². The minimum absolute atomic E-state index is 0.219. The van der Waals surface area contributed by atoms with Crippen LogP contribution in [0, 0.1) is 6.92 Å². The number of carbonyl (C=O) groups excluding carboxylic acids is 1. The van der Waals surface area contributed by atoms with Crippen molar-refractivity contribution >= 4 is 40.8 Å². The highest BCUT2D eigenvalue weighted by Crippen LogP contribution is 2.29. The van der Waals surface area contributed by atoms with E-state index in [-0.39, 0.29) is 11.4 Å². The fourth-order valence-corrected chi connectivity index (χ4v) is 3.79. The van der Waals surface area contributed by atoms with Crippen LogP contribution in [0.5, 0.6) is 0 Å². The van der Waals surface area contributed by atoms with Gasteiger partial charge in [-0.3, -0.25) is 9.89 Å². The molecule has 7 heteroatoms. The van der Waals surface area contributed by atoms with Gasteiger partial charge in [-0.2, -0.15) is 5.10 Å². The van der Waals surface area contributed by atoms with E-state index in [1.54, 1.807) is 17.6 Å². The standard InChI is InChI=1S/C22H19N5OS/c1-14-6-4-8-16(12-14)25-22-19(20(23)28)21(26-27-22)24-13-15-7-2-3-9-17(15)18-10-5-11-29-18/h2-13H,1H3,(H2,23,28)(H2,25,26,27). The summed E-state index contributed by atoms with van der Waals surface area (Å²) < 4.78 is 0. The first-order chi connectivity index (χ1) is 14.1. The van der Waals surface area contributed by atoms with E-state index in [9.17, 15) is 4.79 Å². The van der Waals surface area contributed by atoms with Crippen LogP contribution in [0.2, 0.25) is 0 Å². The molecule has 0 unspecified atom stereocenters. The first kappa shape index (κ1) is 18.6. The summed E-state index contributed by atoms with van der Waals surface area (Å²) in [5.74, 6) is 0.0584. The van der Waals surface area contributed by atoms with Gasteiger partial charge in [0.1, 0.15) is 11.4 Å². The third-order valence-electron chi connectivity index (χ3n) is 4.35. The average molecular weight is 401 g/mol. The Balaban J connectivity index is 1.67. The van der Waals surface area contributed by atoms with Crippen molar-refractivity contribution in [2.24, 2.45) is 10.7 Å². The van der Waals surface area contributed by atoms with Crippen molar-refractivity contribution < 1.29 is 4.79 Å². The molecule has 2 heterocycles. The van der Waals surface area contributed by atoms with Crippen molar-refractivity contribution in [3.05, 3.63) is 82.7 Å². The smallest absolute Gasteiger partial charge is 0.256 e. The lowest BCUT2D eigenvalue weighted by atomic mass is 10.1. The van der Waals surface area contributed by atoms with Gasteiger partial charge in [0.05, 0.1) is 0 Å². The summed E-state index contributed by atoms with van der Waals surface area (Å²) in [6.07, 6.45) is 1.70. The maximum absolute atomic E-state index is 12.1. The van der Waals surface area contributed by atoms with Crippen LogP contribution in [-0.2, 0) is 0 Å². The number of primary amides is 1. The summed E-state index contributed by atoms with van der Waals surface area (Å²) in [6, 6.07) is 19.8. The lowest BCUT2D eigenvalue weighted by Gasteiger charge is -2.06. The number of amides is 1. The normalized spacial score (nSPS) is 11.1. The molecular formula is C22H19N5OS. The van der Waals surface area contributed by atoms with Crippen LogP contribution in [0.15, 0.2) is 71.0 Å². The highest BCUT2D eigenvalue weighted by molar-refractivity contribution is 7.13. The lowest BCUT2D eigenvalue weighted by molar-refractivity contribution is 0.100. The van der Waals surface area contributed by atoms with E-state index in [4.69, 9.17) is 5.73 Å². The Morgan fingerprint density at radius 1 is 1.17 bits per heavy atom. The van der Waals surface area contributed by atoms with Crippen molar-refractivity contribution in [2.45, 2.75) is 6.92 Å². The fourth-order valence-electron chi connectivity index (χ4n) is 3.01. The molecule has 0 aliphatic rings. The second-order valence-corrected chi connectivity index (χ2v) is 7.43. The minimum Gasteiger partial charge on any atom is -0.365 e. The zero-order chi connectivity index (χ0) is 20.2. The Morgan fingerprint density at radius 3 is 2.79 bits per heavy atom. The van der Waals surface area contributed by atoms with Gasteiger partial charge in [0.2, 0.25) is 0 Å². The summed E-state index contributed by atoms with van der Waals surface area (Å²) in [5.41, 5.74) is 9.75. The van der Waals surface area contributed by atoms with Gasteiger partial charge in [-0.1, -0.05) is 42.5 Å². The number of thiophene rings is 1. The van der Waals surface area contributed by atoms with Crippen molar-refractivity contribution in [2.75, 3.05) is 5.32 Å². The summed E-state index contributed by atoms with van der Waals surface area (Å²) >= 11 is 1.66. The molecule has 6 nitrogen and oxygen atoms in total. The minimum atomic E-state index is -0.604. The van der Waals surface area contributed by atoms with Crippen LogP contribution in [0.1, 0.15) is 21.5 Å². The summed E-state index contributed by atoms with van der Waals surface area (Å²) in [5, 5.41) is 12.2. The van der Waals surface area contributed by atoms with Crippen molar-refractivity contribution in [1.29, 1.82) is 0 Å². The van der Waals surface area contributed by atoms with Gasteiger partial charge >= 0.3 is 0 Å². The molecule has 0 atom stereocenters. The zero-order valence-corrected chi connectivity index (χ0v) is 16.5. The maximum atomic E-state index is 12.1. The van der Waals surface area contributed by atoms with Crippen LogP contribution in [0.3, 0.4) is 0 Å². The van der Waals surface area contributed by atoms with E-state index in [0.717, 1.165) is 27.3 Å². The maximum Gasteiger partial charge on any atom is 0.256 e. The fraction of sp³-hybridized carbons (Fsp3) is 0.0455. The van der Waals surface area contributed by atoms with E-state index in [0.29, 0.717) is 5.82 Å². The molecule has 0 radical (unpaired) electrons. The van der Waals surface area contributed by atoms with E-state index < -0.39 is 5.91 Å². The van der Waals surface area contributed by atoms with Crippen molar-refractivity contribution in [3.8, 4) is 10.4 Å². The summed E-state index contributed by atoms with van der Waals surface area (Å²) in [7, 11) is 0. The van der Waals surface area contributed by atoms with Gasteiger partial charge in [-0.25, -0.2) is 4.99 Å². The van der Waals surface area contributed by atoms with Gasteiger partial charge in [0, 0.05) is 27.9 Å². The number of aryl methyl sites for hydroxylation is 1. The zero-order valence-electron chi connectivity index (χ0n) is 15.7. The lowest BCUT2D eigenvalue weighted by Crippen LogP contribution is -2.12. The van der Waals surface area contributed by atoms with Gasteiger partial charge in [0.15, 0.2) is 5.82 Å². The number of H-pyrrole nitrogens is 1. The van der Waals surface area contributed by atoms with Crippen LogP contribution in [-0.4, -0.2) is 22.3 Å². The number of anilines is 2. The molecule has 0 saturated carbocycles. The van der Waals surface area contributed by atoms with E-state index in [2.05, 4.69) is 26.6 Å². The Labute approximate surface area is 172 Å². The number of aromatic nitrogens is 2. The molecule has 2 aromatic carbocycles. The van der Waals surface area contributed by atoms with Crippen molar-refractivity contribution in [1.82, 2.24) is 10.2 Å². The van der Waals surface area contributed by atoms with Gasteiger partial charge < -0.3 is 11.1 Å². The molecule has 2 aromatic heterocycles. The van der Waals surface area contributed by atoms with Gasteiger partial charge in [-0.05, 0) is 36.1 Å². The molecule has 4 N–H and O–H groups in total. The molecule has 4 rings (SSSR count). The van der Waals surface area contributed by atoms with Crippen LogP contribution in [0.25, 0.3) is 10.4 Å². The molecule has 1 amide bonds. The Morgan fingerprint density at radius 2 is 2.03 bits per heavy atom. The first-order valence-corrected chi connectivity index (χ1v) is 9.88. The summed E-state index contributed by atoms with van der Waals surface area (Å²) in [6.45, 7) is 1.99. The second kappa shape index (κ2) is 8.12. The van der Waals surface area contributed by atoms with Crippen LogP contribution in [0.4, 0.5) is 17.3 Å². The molecule has 0 aliphatic carbocycles. The number of nitrogens with two attached hydrogens (primary N) is 1.